The fourth-order valence-electron chi connectivity index (χ4n) is 1.56. The molecule has 0 N–H and O–H groups in total. The Hall–Kier alpha value is -0.910. The number of esters is 1. The van der Waals surface area contributed by atoms with Crippen molar-refractivity contribution in [2.24, 2.45) is 0 Å². The molecule has 0 aliphatic carbocycles. The Morgan fingerprint density at radius 2 is 2.26 bits per heavy atom. The van der Waals surface area contributed by atoms with E-state index in [1.807, 2.05) is 13.0 Å². The van der Waals surface area contributed by atoms with Gasteiger partial charge in [0, 0.05) is 19.9 Å². The first-order valence-electron chi connectivity index (χ1n) is 5.63. The number of carbonyl (C=O) groups is 1. The first-order chi connectivity index (χ1) is 9.02. The smallest absolute Gasteiger partial charge is 0.358 e. The van der Waals surface area contributed by atoms with Crippen molar-refractivity contribution in [3.8, 4) is 10.6 Å². The molecule has 0 unspecified atom stereocenters. The fraction of sp³-hybridized carbons (Fsp3) is 0.231. The number of hydrogen-bond donors (Lipinski definition) is 0. The molecule has 0 saturated heterocycles. The molecule has 0 aliphatic rings. The number of nitrogens with zero attached hydrogens (tertiary/aromatic N) is 1. The van der Waals surface area contributed by atoms with E-state index in [2.05, 4.69) is 20.9 Å². The van der Waals surface area contributed by atoms with E-state index >= 15 is 0 Å². The summed E-state index contributed by atoms with van der Waals surface area (Å²) >= 11 is 10.8. The highest BCUT2D eigenvalue weighted by Crippen LogP contribution is 2.34. The van der Waals surface area contributed by atoms with Crippen LogP contribution < -0.4 is 0 Å². The first-order valence-corrected chi connectivity index (χ1v) is 7.61. The summed E-state index contributed by atoms with van der Waals surface area (Å²) < 4.78 is 5.83. The molecule has 2 aromatic rings. The Balaban J connectivity index is 2.42. The van der Waals surface area contributed by atoms with Crippen molar-refractivity contribution in [2.45, 2.75) is 13.8 Å². The molecule has 0 bridgehead atoms. The van der Waals surface area contributed by atoms with Gasteiger partial charge in [0.05, 0.1) is 6.61 Å². The van der Waals surface area contributed by atoms with Crippen LogP contribution in [-0.2, 0) is 4.74 Å². The lowest BCUT2D eigenvalue weighted by Crippen LogP contribution is -2.06. The molecule has 1 aromatic carbocycles. The number of ether oxygens (including phenoxy) is 1. The summed E-state index contributed by atoms with van der Waals surface area (Å²) in [5, 5.41) is 1.42. The van der Waals surface area contributed by atoms with Crippen molar-refractivity contribution in [2.75, 3.05) is 6.61 Å². The maximum atomic E-state index is 11.7. The number of halogens is 2. The van der Waals surface area contributed by atoms with Crippen molar-refractivity contribution in [3.63, 3.8) is 0 Å². The van der Waals surface area contributed by atoms with Crippen LogP contribution in [0.15, 0.2) is 22.7 Å². The Bertz CT molecular complexity index is 627. The SMILES string of the molecule is CCOC(=O)c1nc(-c2ccc(Cl)cc2Br)sc1C. The zero-order valence-corrected chi connectivity index (χ0v) is 13.5. The predicted octanol–water partition coefficient (Wildman–Crippen LogP) is 4.71. The molecule has 3 nitrogen and oxygen atoms in total. The maximum Gasteiger partial charge on any atom is 0.358 e. The van der Waals surface area contributed by atoms with E-state index in [1.165, 1.54) is 11.3 Å². The van der Waals surface area contributed by atoms with E-state index in [0.29, 0.717) is 17.3 Å². The van der Waals surface area contributed by atoms with Gasteiger partial charge in [-0.1, -0.05) is 27.5 Å². The predicted molar refractivity (Wildman–Crippen MR) is 81.0 cm³/mol. The minimum absolute atomic E-state index is 0.343. The van der Waals surface area contributed by atoms with Crippen LogP contribution in [0.4, 0.5) is 0 Å². The molecule has 19 heavy (non-hydrogen) atoms. The molecule has 0 amide bonds. The molecular formula is C13H11BrClNO2S. The lowest BCUT2D eigenvalue weighted by Gasteiger charge is -2.01. The molecule has 6 heteroatoms. The second-order valence-corrected chi connectivity index (χ2v) is 6.26. The molecule has 0 spiro atoms. The monoisotopic (exact) mass is 359 g/mol. The third-order valence-electron chi connectivity index (χ3n) is 2.43. The molecule has 0 fully saturated rings. The summed E-state index contributed by atoms with van der Waals surface area (Å²) in [4.78, 5) is 16.9. The van der Waals surface area contributed by atoms with E-state index in [-0.39, 0.29) is 5.97 Å². The van der Waals surface area contributed by atoms with E-state index < -0.39 is 0 Å². The lowest BCUT2D eigenvalue weighted by atomic mass is 10.2. The molecule has 0 aliphatic heterocycles. The van der Waals surface area contributed by atoms with Gasteiger partial charge >= 0.3 is 5.97 Å². The van der Waals surface area contributed by atoms with Gasteiger partial charge in [0.2, 0.25) is 0 Å². The Kier molecular flexibility index (Phi) is 4.60. The van der Waals surface area contributed by atoms with Gasteiger partial charge in [-0.15, -0.1) is 11.3 Å². The van der Waals surface area contributed by atoms with Gasteiger partial charge in [0.15, 0.2) is 5.69 Å². The summed E-state index contributed by atoms with van der Waals surface area (Å²) in [5.74, 6) is -0.382. The topological polar surface area (TPSA) is 39.2 Å². The van der Waals surface area contributed by atoms with Crippen LogP contribution in [0.25, 0.3) is 10.6 Å². The van der Waals surface area contributed by atoms with Gasteiger partial charge in [-0.25, -0.2) is 9.78 Å². The van der Waals surface area contributed by atoms with Crippen molar-refractivity contribution in [3.05, 3.63) is 38.3 Å². The molecule has 0 atom stereocenters. The highest BCUT2D eigenvalue weighted by molar-refractivity contribution is 9.10. The van der Waals surface area contributed by atoms with Gasteiger partial charge in [0.1, 0.15) is 5.01 Å². The largest absolute Gasteiger partial charge is 0.461 e. The molecule has 0 radical (unpaired) electrons. The maximum absolute atomic E-state index is 11.7. The molecule has 100 valence electrons. The quantitative estimate of drug-likeness (QED) is 0.744. The van der Waals surface area contributed by atoms with Crippen LogP contribution >= 0.6 is 38.9 Å². The van der Waals surface area contributed by atoms with Gasteiger partial charge in [-0.05, 0) is 32.0 Å². The van der Waals surface area contributed by atoms with Crippen molar-refractivity contribution in [1.82, 2.24) is 4.98 Å². The summed E-state index contributed by atoms with van der Waals surface area (Å²) in [6.45, 7) is 3.98. The highest BCUT2D eigenvalue weighted by atomic mass is 79.9. The van der Waals surface area contributed by atoms with Gasteiger partial charge < -0.3 is 4.74 Å². The van der Waals surface area contributed by atoms with Crippen LogP contribution in [-0.4, -0.2) is 17.6 Å². The summed E-state index contributed by atoms with van der Waals surface area (Å²) in [6, 6.07) is 5.47. The average Bonchev–Trinajstić information content (AvgIpc) is 2.71. The minimum atomic E-state index is -0.382. The number of hydrogen-bond acceptors (Lipinski definition) is 4. The number of carbonyl (C=O) groups excluding carboxylic acids is 1. The molecular weight excluding hydrogens is 350 g/mol. The molecule has 0 saturated carbocycles. The van der Waals surface area contributed by atoms with Crippen molar-refractivity contribution < 1.29 is 9.53 Å². The number of aryl methyl sites for hydroxylation is 1. The summed E-state index contributed by atoms with van der Waals surface area (Å²) in [6.07, 6.45) is 0. The molecule has 1 aromatic heterocycles. The third kappa shape index (κ3) is 3.16. The number of benzene rings is 1. The fourth-order valence-corrected chi connectivity index (χ4v) is 3.51. The molecule has 1 heterocycles. The van der Waals surface area contributed by atoms with E-state index in [0.717, 1.165) is 19.9 Å². The van der Waals surface area contributed by atoms with Crippen LogP contribution in [0.5, 0.6) is 0 Å². The van der Waals surface area contributed by atoms with Crippen LogP contribution in [0.1, 0.15) is 22.3 Å². The van der Waals surface area contributed by atoms with Crippen LogP contribution in [0.3, 0.4) is 0 Å². The average molecular weight is 361 g/mol. The molecule has 2 rings (SSSR count). The second kappa shape index (κ2) is 6.03. The Labute approximate surface area is 128 Å². The van der Waals surface area contributed by atoms with Crippen molar-refractivity contribution in [1.29, 1.82) is 0 Å². The number of thiazole rings is 1. The van der Waals surface area contributed by atoms with Crippen LogP contribution in [0.2, 0.25) is 5.02 Å². The van der Waals surface area contributed by atoms with E-state index in [1.54, 1.807) is 19.1 Å². The Morgan fingerprint density at radius 3 is 2.89 bits per heavy atom. The normalized spacial score (nSPS) is 10.5. The summed E-state index contributed by atoms with van der Waals surface area (Å²) in [5.41, 5.74) is 1.29. The van der Waals surface area contributed by atoms with Gasteiger partial charge in [-0.3, -0.25) is 0 Å². The first kappa shape index (κ1) is 14.5. The summed E-state index contributed by atoms with van der Waals surface area (Å²) in [7, 11) is 0. The third-order valence-corrected chi connectivity index (χ3v) is 4.32. The Morgan fingerprint density at radius 1 is 1.53 bits per heavy atom. The lowest BCUT2D eigenvalue weighted by molar-refractivity contribution is 0.0519. The second-order valence-electron chi connectivity index (χ2n) is 3.77. The standard InChI is InChI=1S/C13H11BrClNO2S/c1-3-18-13(17)11-7(2)19-12(16-11)9-5-4-8(15)6-10(9)14/h4-6H,3H2,1-2H3. The highest BCUT2D eigenvalue weighted by Gasteiger charge is 2.18. The van der Waals surface area contributed by atoms with Gasteiger partial charge in [-0.2, -0.15) is 0 Å². The zero-order valence-electron chi connectivity index (χ0n) is 10.4. The van der Waals surface area contributed by atoms with E-state index in [4.69, 9.17) is 16.3 Å². The van der Waals surface area contributed by atoms with Crippen LogP contribution in [0, 0.1) is 6.92 Å². The number of aromatic nitrogens is 1. The minimum Gasteiger partial charge on any atom is -0.461 e. The van der Waals surface area contributed by atoms with Crippen molar-refractivity contribution >= 4 is 44.8 Å². The number of rotatable bonds is 3. The zero-order chi connectivity index (χ0) is 14.0. The van der Waals surface area contributed by atoms with Gasteiger partial charge in [0.25, 0.3) is 0 Å². The van der Waals surface area contributed by atoms with E-state index in [9.17, 15) is 4.79 Å².